The van der Waals surface area contributed by atoms with E-state index in [0.717, 1.165) is 0 Å². The molecule has 0 spiro atoms. The molecule has 0 bridgehead atoms. The van der Waals surface area contributed by atoms with E-state index in [2.05, 4.69) is 36.1 Å². The van der Waals surface area contributed by atoms with E-state index < -0.39 is 5.69 Å². The van der Waals surface area contributed by atoms with E-state index in [1.54, 1.807) is 0 Å². The Morgan fingerprint density at radius 3 is 2.47 bits per heavy atom. The van der Waals surface area contributed by atoms with Gasteiger partial charge in [0.2, 0.25) is 0 Å². The van der Waals surface area contributed by atoms with Crippen molar-refractivity contribution in [2.24, 2.45) is 5.41 Å². The van der Waals surface area contributed by atoms with Gasteiger partial charge in [-0.15, -0.1) is 0 Å². The summed E-state index contributed by atoms with van der Waals surface area (Å²) in [4.78, 5) is 27.4. The average Bonchev–Trinajstić information content (AvgIpc) is 2.46. The molecule has 0 aliphatic carbocycles. The summed E-state index contributed by atoms with van der Waals surface area (Å²) in [6.45, 7) is 6.30. The summed E-state index contributed by atoms with van der Waals surface area (Å²) in [5, 5.41) is 3.18. The first-order valence-electron chi connectivity index (χ1n) is 5.00. The van der Waals surface area contributed by atoms with E-state index in [4.69, 9.17) is 0 Å². The third kappa shape index (κ3) is 1.69. The summed E-state index contributed by atoms with van der Waals surface area (Å²) < 4.78 is 0. The van der Waals surface area contributed by atoms with Crippen molar-refractivity contribution in [1.82, 2.24) is 9.97 Å². The number of anilines is 1. The zero-order valence-electron chi connectivity index (χ0n) is 9.10. The van der Waals surface area contributed by atoms with Crippen LogP contribution in [0, 0.1) is 5.41 Å². The van der Waals surface area contributed by atoms with Gasteiger partial charge in [-0.25, -0.2) is 4.79 Å². The summed E-state index contributed by atoms with van der Waals surface area (Å²) in [5.41, 5.74) is -0.0363. The van der Waals surface area contributed by atoms with Crippen molar-refractivity contribution in [2.75, 3.05) is 5.32 Å². The second-order valence-corrected chi connectivity index (χ2v) is 5.03. The Kier molecular flexibility index (Phi) is 1.99. The zero-order chi connectivity index (χ0) is 11.2. The minimum Gasteiger partial charge on any atom is -0.368 e. The second kappa shape index (κ2) is 2.98. The number of aromatic nitrogens is 2. The van der Waals surface area contributed by atoms with Crippen molar-refractivity contribution in [2.45, 2.75) is 33.2 Å². The van der Waals surface area contributed by atoms with Crippen molar-refractivity contribution in [1.29, 1.82) is 0 Å². The van der Waals surface area contributed by atoms with Crippen LogP contribution in [-0.2, 0) is 6.42 Å². The minimum absolute atomic E-state index is 0.0579. The van der Waals surface area contributed by atoms with Gasteiger partial charge >= 0.3 is 5.69 Å². The number of fused-ring (bicyclic) bond motifs is 1. The Hall–Kier alpha value is -1.52. The highest BCUT2D eigenvalue weighted by Crippen LogP contribution is 2.30. The largest absolute Gasteiger partial charge is 0.368 e. The third-order valence-corrected chi connectivity index (χ3v) is 2.81. The molecular formula is C10H15N3O2. The summed E-state index contributed by atoms with van der Waals surface area (Å²) in [5.74, 6) is 0.573. The van der Waals surface area contributed by atoms with Gasteiger partial charge in [0.05, 0.1) is 5.56 Å². The Balaban J connectivity index is 2.44. The topological polar surface area (TPSA) is 77.8 Å². The molecule has 0 fully saturated rings. The minimum atomic E-state index is -0.458. The van der Waals surface area contributed by atoms with E-state index in [9.17, 15) is 9.59 Å². The van der Waals surface area contributed by atoms with Crippen LogP contribution in [0.15, 0.2) is 9.59 Å². The van der Waals surface area contributed by atoms with Gasteiger partial charge in [0, 0.05) is 12.5 Å². The van der Waals surface area contributed by atoms with Gasteiger partial charge in [0.25, 0.3) is 5.56 Å². The highest BCUT2D eigenvalue weighted by Gasteiger charge is 2.32. The predicted octanol–water partition coefficient (Wildman–Crippen LogP) is 0.446. The number of rotatable bonds is 0. The van der Waals surface area contributed by atoms with Crippen LogP contribution < -0.4 is 16.6 Å². The van der Waals surface area contributed by atoms with Crippen LogP contribution in [0.3, 0.4) is 0 Å². The third-order valence-electron chi connectivity index (χ3n) is 2.81. The Bertz CT molecular complexity index is 493. The fourth-order valence-corrected chi connectivity index (χ4v) is 1.78. The van der Waals surface area contributed by atoms with Crippen molar-refractivity contribution in [3.05, 3.63) is 26.4 Å². The lowest BCUT2D eigenvalue weighted by Gasteiger charge is -2.26. The van der Waals surface area contributed by atoms with Crippen LogP contribution in [0.5, 0.6) is 0 Å². The maximum atomic E-state index is 11.5. The summed E-state index contributed by atoms with van der Waals surface area (Å²) in [6, 6.07) is 0.187. The number of hydrogen-bond donors (Lipinski definition) is 3. The summed E-state index contributed by atoms with van der Waals surface area (Å²) in [6.07, 6.45) is 0.658. The van der Waals surface area contributed by atoms with E-state index in [-0.39, 0.29) is 17.0 Å². The number of aromatic amines is 2. The lowest BCUT2D eigenvalue weighted by atomic mass is 9.85. The molecule has 2 rings (SSSR count). The van der Waals surface area contributed by atoms with Gasteiger partial charge in [-0.3, -0.25) is 14.8 Å². The van der Waals surface area contributed by atoms with Gasteiger partial charge in [0.1, 0.15) is 5.82 Å². The van der Waals surface area contributed by atoms with Crippen molar-refractivity contribution in [3.63, 3.8) is 0 Å². The first-order valence-corrected chi connectivity index (χ1v) is 5.00. The monoisotopic (exact) mass is 209 g/mol. The van der Waals surface area contributed by atoms with E-state index in [1.807, 2.05) is 0 Å². The lowest BCUT2D eigenvalue weighted by molar-refractivity contribution is 0.347. The molecule has 5 nitrogen and oxygen atoms in total. The van der Waals surface area contributed by atoms with Gasteiger partial charge in [-0.05, 0) is 5.41 Å². The normalized spacial score (nSPS) is 19.8. The summed E-state index contributed by atoms with van der Waals surface area (Å²) >= 11 is 0. The molecule has 1 aliphatic heterocycles. The van der Waals surface area contributed by atoms with Crippen LogP contribution >= 0.6 is 0 Å². The molecule has 0 radical (unpaired) electrons. The van der Waals surface area contributed by atoms with Crippen LogP contribution in [0.25, 0.3) is 0 Å². The van der Waals surface area contributed by atoms with E-state index >= 15 is 0 Å². The molecule has 1 aromatic heterocycles. The summed E-state index contributed by atoms with van der Waals surface area (Å²) in [7, 11) is 0. The smallest absolute Gasteiger partial charge is 0.327 e. The highest BCUT2D eigenvalue weighted by atomic mass is 16.2. The van der Waals surface area contributed by atoms with E-state index in [1.165, 1.54) is 0 Å². The zero-order valence-corrected chi connectivity index (χ0v) is 9.10. The molecular weight excluding hydrogens is 194 g/mol. The van der Waals surface area contributed by atoms with Crippen molar-refractivity contribution in [3.8, 4) is 0 Å². The van der Waals surface area contributed by atoms with Crippen LogP contribution in [0.2, 0.25) is 0 Å². The molecule has 15 heavy (non-hydrogen) atoms. The molecule has 0 saturated carbocycles. The maximum absolute atomic E-state index is 11.5. The van der Waals surface area contributed by atoms with E-state index in [0.29, 0.717) is 17.8 Å². The first kappa shape index (κ1) is 10.0. The Morgan fingerprint density at radius 2 is 1.87 bits per heavy atom. The Labute approximate surface area is 86.9 Å². The molecule has 1 atom stereocenters. The Morgan fingerprint density at radius 1 is 1.20 bits per heavy atom. The fraction of sp³-hybridized carbons (Fsp3) is 0.600. The highest BCUT2D eigenvalue weighted by molar-refractivity contribution is 5.49. The quantitative estimate of drug-likeness (QED) is 0.580. The van der Waals surface area contributed by atoms with Gasteiger partial charge in [-0.2, -0.15) is 0 Å². The molecule has 2 heterocycles. The molecule has 0 aromatic carbocycles. The number of nitrogens with one attached hydrogen (secondary N) is 3. The SMILES string of the molecule is CC(C)(C)C1Cc2c([nH]c(=O)[nH]c2=O)N1. The first-order chi connectivity index (χ1) is 6.88. The maximum Gasteiger partial charge on any atom is 0.327 e. The molecule has 0 saturated heterocycles. The number of hydrogen-bond acceptors (Lipinski definition) is 3. The van der Waals surface area contributed by atoms with Gasteiger partial charge in [-0.1, -0.05) is 20.8 Å². The van der Waals surface area contributed by atoms with Gasteiger partial charge < -0.3 is 5.32 Å². The van der Waals surface area contributed by atoms with Gasteiger partial charge in [0.15, 0.2) is 0 Å². The average molecular weight is 209 g/mol. The molecule has 5 heteroatoms. The van der Waals surface area contributed by atoms with Crippen molar-refractivity contribution >= 4 is 5.82 Å². The number of H-pyrrole nitrogens is 2. The second-order valence-electron chi connectivity index (χ2n) is 5.03. The molecule has 1 aromatic rings. The molecule has 0 amide bonds. The predicted molar refractivity (Wildman–Crippen MR) is 58.3 cm³/mol. The molecule has 1 unspecified atom stereocenters. The van der Waals surface area contributed by atoms with Crippen LogP contribution in [0.1, 0.15) is 26.3 Å². The molecule has 1 aliphatic rings. The van der Waals surface area contributed by atoms with Crippen molar-refractivity contribution < 1.29 is 0 Å². The lowest BCUT2D eigenvalue weighted by Crippen LogP contribution is -2.32. The molecule has 82 valence electrons. The molecule has 3 N–H and O–H groups in total. The van der Waals surface area contributed by atoms with Crippen LogP contribution in [-0.4, -0.2) is 16.0 Å². The van der Waals surface area contributed by atoms with Crippen LogP contribution in [0.4, 0.5) is 5.82 Å². The fourth-order valence-electron chi connectivity index (χ4n) is 1.78. The standard InChI is InChI=1S/C10H15N3O2/c1-10(2,3)6-4-5-7(11-6)12-9(15)13-8(5)14/h6H,4H2,1-3H3,(H3,11,12,13,14,15).